The number of halogens is 1. The molecule has 1 aromatic carbocycles. The number of aryl methyl sites for hydroxylation is 2. The van der Waals surface area contributed by atoms with Crippen LogP contribution in [0.5, 0.6) is 0 Å². The highest BCUT2D eigenvalue weighted by atomic mass is 35.5. The number of carbonyl (C=O) groups is 2. The Balaban J connectivity index is 2.03. The van der Waals surface area contributed by atoms with Gasteiger partial charge >= 0.3 is 5.97 Å². The Bertz CT molecular complexity index is 800. The normalized spacial score (nSPS) is 13.2. The second kappa shape index (κ2) is 8.02. The molecule has 1 N–H and O–H groups in total. The first-order valence-electron chi connectivity index (χ1n) is 8.40. The van der Waals surface area contributed by atoms with Crippen molar-refractivity contribution in [2.75, 3.05) is 17.8 Å². The largest absolute Gasteiger partial charge is 0.462 e. The van der Waals surface area contributed by atoms with E-state index in [1.807, 2.05) is 11.4 Å². The van der Waals surface area contributed by atoms with Crippen LogP contribution in [0.1, 0.15) is 41.3 Å². The fourth-order valence-electron chi connectivity index (χ4n) is 3.13. The van der Waals surface area contributed by atoms with Crippen molar-refractivity contribution in [3.63, 3.8) is 0 Å². The van der Waals surface area contributed by atoms with Crippen molar-refractivity contribution in [3.05, 3.63) is 40.3 Å². The van der Waals surface area contributed by atoms with Crippen LogP contribution in [0.4, 0.5) is 5.00 Å². The molecule has 0 unspecified atom stereocenters. The van der Waals surface area contributed by atoms with E-state index in [0.717, 1.165) is 24.0 Å². The van der Waals surface area contributed by atoms with Crippen LogP contribution in [-0.4, -0.2) is 24.4 Å². The molecule has 0 saturated carbocycles. The van der Waals surface area contributed by atoms with E-state index >= 15 is 0 Å². The maximum atomic E-state index is 12.5. The summed E-state index contributed by atoms with van der Waals surface area (Å²) in [4.78, 5) is 24.1. The quantitative estimate of drug-likeness (QED) is 0.609. The molecule has 1 aliphatic carbocycles. The minimum absolute atomic E-state index is 0.158. The van der Waals surface area contributed by atoms with Crippen LogP contribution in [0.15, 0.2) is 23.6 Å². The van der Waals surface area contributed by atoms with Gasteiger partial charge in [-0.15, -0.1) is 22.9 Å². The summed E-state index contributed by atoms with van der Waals surface area (Å²) in [5.41, 5.74) is 4.91. The van der Waals surface area contributed by atoms with Crippen LogP contribution >= 0.6 is 22.9 Å². The number of rotatable bonds is 5. The molecule has 25 heavy (non-hydrogen) atoms. The summed E-state index contributed by atoms with van der Waals surface area (Å²) >= 11 is 6.89. The maximum Gasteiger partial charge on any atom is 0.341 e. The Kier molecular flexibility index (Phi) is 5.76. The standard InChI is InChI=1S/C19H20ClNO3S/c1-2-24-19(23)17-15(11-25-18(17)21-16(22)10-20)14-8-7-12-5-3-4-6-13(12)9-14/h7-9,11H,2-6,10H2,1H3,(H,21,22). The molecule has 1 heterocycles. The predicted molar refractivity (Wildman–Crippen MR) is 102 cm³/mol. The average molecular weight is 378 g/mol. The minimum Gasteiger partial charge on any atom is -0.462 e. The predicted octanol–water partition coefficient (Wildman–Crippen LogP) is 4.65. The molecule has 0 fully saturated rings. The number of amides is 1. The molecule has 0 radical (unpaired) electrons. The lowest BCUT2D eigenvalue weighted by Gasteiger charge is -2.17. The number of anilines is 1. The molecule has 0 saturated heterocycles. The Hall–Kier alpha value is -1.85. The zero-order chi connectivity index (χ0) is 17.8. The third-order valence-electron chi connectivity index (χ3n) is 4.30. The molecule has 0 spiro atoms. The number of ether oxygens (including phenoxy) is 1. The lowest BCUT2D eigenvalue weighted by Crippen LogP contribution is -2.15. The minimum atomic E-state index is -0.429. The fourth-order valence-corrected chi connectivity index (χ4v) is 4.17. The third-order valence-corrected chi connectivity index (χ3v) is 5.44. The lowest BCUT2D eigenvalue weighted by atomic mass is 9.89. The van der Waals surface area contributed by atoms with Crippen LogP contribution in [0.2, 0.25) is 0 Å². The molecule has 6 heteroatoms. The van der Waals surface area contributed by atoms with Gasteiger partial charge < -0.3 is 10.1 Å². The highest BCUT2D eigenvalue weighted by molar-refractivity contribution is 7.15. The van der Waals surface area contributed by atoms with Crippen molar-refractivity contribution in [3.8, 4) is 11.1 Å². The van der Waals surface area contributed by atoms with Gasteiger partial charge in [0.25, 0.3) is 0 Å². The summed E-state index contributed by atoms with van der Waals surface area (Å²) in [5.74, 6) is -0.929. The van der Waals surface area contributed by atoms with Gasteiger partial charge in [0.05, 0.1) is 6.61 Å². The van der Waals surface area contributed by atoms with E-state index in [-0.39, 0.29) is 18.4 Å². The molecule has 0 aliphatic heterocycles. The Morgan fingerprint density at radius 1 is 1.24 bits per heavy atom. The van der Waals surface area contributed by atoms with Crippen LogP contribution in [0.25, 0.3) is 11.1 Å². The van der Waals surface area contributed by atoms with Crippen molar-refractivity contribution in [1.29, 1.82) is 0 Å². The van der Waals surface area contributed by atoms with Crippen LogP contribution < -0.4 is 5.32 Å². The number of fused-ring (bicyclic) bond motifs is 1. The van der Waals surface area contributed by atoms with Gasteiger partial charge in [-0.1, -0.05) is 18.2 Å². The molecule has 3 rings (SSSR count). The number of alkyl halides is 1. The van der Waals surface area contributed by atoms with Gasteiger partial charge in [0.1, 0.15) is 16.4 Å². The number of thiophene rings is 1. The van der Waals surface area contributed by atoms with Gasteiger partial charge in [0.2, 0.25) is 5.91 Å². The average Bonchev–Trinajstić information content (AvgIpc) is 3.05. The molecule has 0 atom stereocenters. The van der Waals surface area contributed by atoms with E-state index in [4.69, 9.17) is 16.3 Å². The monoisotopic (exact) mass is 377 g/mol. The lowest BCUT2D eigenvalue weighted by molar-refractivity contribution is -0.113. The Labute approximate surface area is 156 Å². The highest BCUT2D eigenvalue weighted by Crippen LogP contribution is 2.37. The van der Waals surface area contributed by atoms with Gasteiger partial charge in [0, 0.05) is 10.9 Å². The van der Waals surface area contributed by atoms with Crippen LogP contribution in [0, 0.1) is 0 Å². The summed E-state index contributed by atoms with van der Waals surface area (Å²) < 4.78 is 5.20. The first-order valence-corrected chi connectivity index (χ1v) is 9.82. The molecule has 1 aromatic heterocycles. The maximum absolute atomic E-state index is 12.5. The van der Waals surface area contributed by atoms with E-state index in [1.54, 1.807) is 6.92 Å². The van der Waals surface area contributed by atoms with Crippen molar-refractivity contribution >= 4 is 39.8 Å². The highest BCUT2D eigenvalue weighted by Gasteiger charge is 2.23. The van der Waals surface area contributed by atoms with Crippen LogP contribution in [-0.2, 0) is 22.4 Å². The second-order valence-electron chi connectivity index (χ2n) is 5.95. The number of nitrogens with one attached hydrogen (secondary N) is 1. The van der Waals surface area contributed by atoms with Gasteiger partial charge in [-0.05, 0) is 49.3 Å². The molecular weight excluding hydrogens is 358 g/mol. The van der Waals surface area contributed by atoms with E-state index < -0.39 is 5.97 Å². The van der Waals surface area contributed by atoms with E-state index in [9.17, 15) is 9.59 Å². The Morgan fingerprint density at radius 3 is 2.72 bits per heavy atom. The SMILES string of the molecule is CCOC(=O)c1c(-c2ccc3c(c2)CCCC3)csc1NC(=O)CCl. The van der Waals surface area contributed by atoms with Gasteiger partial charge in [-0.2, -0.15) is 0 Å². The zero-order valence-electron chi connectivity index (χ0n) is 14.1. The molecule has 1 aliphatic rings. The number of benzene rings is 1. The number of hydrogen-bond donors (Lipinski definition) is 1. The van der Waals surface area contributed by atoms with Crippen molar-refractivity contribution < 1.29 is 14.3 Å². The van der Waals surface area contributed by atoms with Gasteiger partial charge in [-0.3, -0.25) is 4.79 Å². The van der Waals surface area contributed by atoms with Crippen LogP contribution in [0.3, 0.4) is 0 Å². The van der Waals surface area contributed by atoms with Gasteiger partial charge in [0.15, 0.2) is 0 Å². The first kappa shape index (κ1) is 18.0. The van der Waals surface area contributed by atoms with E-state index in [1.165, 1.54) is 35.3 Å². The zero-order valence-corrected chi connectivity index (χ0v) is 15.6. The summed E-state index contributed by atoms with van der Waals surface area (Å²) in [6.07, 6.45) is 4.61. The molecule has 2 aromatic rings. The van der Waals surface area contributed by atoms with Crippen molar-refractivity contribution in [2.45, 2.75) is 32.6 Å². The van der Waals surface area contributed by atoms with E-state index in [2.05, 4.69) is 17.4 Å². The Morgan fingerprint density at radius 2 is 2.00 bits per heavy atom. The summed E-state index contributed by atoms with van der Waals surface area (Å²) in [7, 11) is 0. The fraction of sp³-hybridized carbons (Fsp3) is 0.368. The summed E-state index contributed by atoms with van der Waals surface area (Å²) in [6.45, 7) is 2.04. The first-order chi connectivity index (χ1) is 12.1. The summed E-state index contributed by atoms with van der Waals surface area (Å²) in [6, 6.07) is 6.35. The third kappa shape index (κ3) is 3.88. The summed E-state index contributed by atoms with van der Waals surface area (Å²) in [5, 5.41) is 5.07. The van der Waals surface area contributed by atoms with Crippen molar-refractivity contribution in [2.24, 2.45) is 0 Å². The number of carbonyl (C=O) groups excluding carboxylic acids is 2. The number of hydrogen-bond acceptors (Lipinski definition) is 4. The van der Waals surface area contributed by atoms with Gasteiger partial charge in [-0.25, -0.2) is 4.79 Å². The molecule has 4 nitrogen and oxygen atoms in total. The second-order valence-corrected chi connectivity index (χ2v) is 7.09. The molecule has 132 valence electrons. The molecular formula is C19H20ClNO3S. The molecule has 1 amide bonds. The number of esters is 1. The van der Waals surface area contributed by atoms with E-state index in [0.29, 0.717) is 10.6 Å². The smallest absolute Gasteiger partial charge is 0.341 e. The molecule has 0 bridgehead atoms. The topological polar surface area (TPSA) is 55.4 Å². The van der Waals surface area contributed by atoms with Crippen molar-refractivity contribution in [1.82, 2.24) is 0 Å².